The first-order valence-electron chi connectivity index (χ1n) is 7.25. The molecule has 0 aromatic heterocycles. The summed E-state index contributed by atoms with van der Waals surface area (Å²) in [6.45, 7) is 7.38. The Morgan fingerprint density at radius 3 is 2.37 bits per heavy atom. The van der Waals surface area contributed by atoms with Crippen molar-refractivity contribution in [2.24, 2.45) is 0 Å². The standard InChI is InChI=1S/C18H27N/c1-5-7-8-17-9-11-18(12-10-17)15-19(4)14-13-16(3)6-2/h6,9-14H,5,7-8,15H2,1-4H3. The molecule has 0 radical (unpaired) electrons. The smallest absolute Gasteiger partial charge is 0.0420 e. The van der Waals surface area contributed by atoms with Crippen molar-refractivity contribution in [3.8, 4) is 0 Å². The minimum atomic E-state index is 0.960. The van der Waals surface area contributed by atoms with Gasteiger partial charge in [-0.05, 0) is 50.1 Å². The molecule has 0 aliphatic heterocycles. The fourth-order valence-electron chi connectivity index (χ4n) is 1.87. The minimum absolute atomic E-state index is 0.960. The lowest BCUT2D eigenvalue weighted by Gasteiger charge is -2.14. The molecule has 0 aliphatic carbocycles. The maximum Gasteiger partial charge on any atom is 0.0420 e. The third kappa shape index (κ3) is 6.28. The lowest BCUT2D eigenvalue weighted by Crippen LogP contribution is -2.09. The second-order valence-corrected chi connectivity index (χ2v) is 5.18. The summed E-state index contributed by atoms with van der Waals surface area (Å²) in [5.41, 5.74) is 4.11. The monoisotopic (exact) mass is 257 g/mol. The second-order valence-electron chi connectivity index (χ2n) is 5.18. The molecule has 0 atom stereocenters. The zero-order valence-electron chi connectivity index (χ0n) is 12.8. The highest BCUT2D eigenvalue weighted by Gasteiger charge is 1.97. The molecule has 104 valence electrons. The second kappa shape index (κ2) is 8.58. The molecule has 0 unspecified atom stereocenters. The van der Waals surface area contributed by atoms with E-state index in [1.807, 2.05) is 0 Å². The molecule has 1 heteroatoms. The van der Waals surface area contributed by atoms with Gasteiger partial charge in [0.2, 0.25) is 0 Å². The Morgan fingerprint density at radius 2 is 1.79 bits per heavy atom. The van der Waals surface area contributed by atoms with Crippen LogP contribution in [0.2, 0.25) is 0 Å². The Morgan fingerprint density at radius 1 is 1.16 bits per heavy atom. The molecule has 1 rings (SSSR count). The van der Waals surface area contributed by atoms with Crippen LogP contribution in [0.25, 0.3) is 0 Å². The van der Waals surface area contributed by atoms with Gasteiger partial charge < -0.3 is 4.90 Å². The molecule has 0 amide bonds. The van der Waals surface area contributed by atoms with Crippen LogP contribution in [0.1, 0.15) is 44.7 Å². The van der Waals surface area contributed by atoms with Gasteiger partial charge in [0.1, 0.15) is 0 Å². The van der Waals surface area contributed by atoms with Crippen molar-refractivity contribution in [1.29, 1.82) is 0 Å². The highest BCUT2D eigenvalue weighted by Crippen LogP contribution is 2.10. The molecule has 0 spiro atoms. The van der Waals surface area contributed by atoms with Crippen molar-refractivity contribution in [2.45, 2.75) is 46.6 Å². The van der Waals surface area contributed by atoms with Gasteiger partial charge >= 0.3 is 0 Å². The lowest BCUT2D eigenvalue weighted by molar-refractivity contribution is 0.450. The molecule has 0 heterocycles. The summed E-state index contributed by atoms with van der Waals surface area (Å²) in [4.78, 5) is 2.22. The van der Waals surface area contributed by atoms with Crippen LogP contribution in [0.5, 0.6) is 0 Å². The number of allylic oxidation sites excluding steroid dienone is 3. The molecule has 0 bridgehead atoms. The first kappa shape index (κ1) is 15.6. The fourth-order valence-corrected chi connectivity index (χ4v) is 1.87. The number of hydrogen-bond donors (Lipinski definition) is 0. The van der Waals surface area contributed by atoms with Crippen molar-refractivity contribution < 1.29 is 0 Å². The van der Waals surface area contributed by atoms with E-state index < -0.39 is 0 Å². The zero-order valence-corrected chi connectivity index (χ0v) is 12.8. The molecule has 0 saturated heterocycles. The van der Waals surface area contributed by atoms with Crippen LogP contribution < -0.4 is 0 Å². The third-order valence-electron chi connectivity index (χ3n) is 3.32. The lowest BCUT2D eigenvalue weighted by atomic mass is 10.1. The largest absolute Gasteiger partial charge is 0.376 e. The Bertz CT molecular complexity index is 412. The van der Waals surface area contributed by atoms with Gasteiger partial charge in [-0.15, -0.1) is 0 Å². The molecule has 0 saturated carbocycles. The van der Waals surface area contributed by atoms with E-state index in [2.05, 4.69) is 75.3 Å². The van der Waals surface area contributed by atoms with Gasteiger partial charge in [-0.2, -0.15) is 0 Å². The van der Waals surface area contributed by atoms with Gasteiger partial charge in [-0.3, -0.25) is 0 Å². The maximum absolute atomic E-state index is 2.26. The first-order chi connectivity index (χ1) is 9.15. The summed E-state index contributed by atoms with van der Waals surface area (Å²) in [6.07, 6.45) is 10.2. The van der Waals surface area contributed by atoms with E-state index in [4.69, 9.17) is 0 Å². The van der Waals surface area contributed by atoms with Gasteiger partial charge in [0.25, 0.3) is 0 Å². The molecule has 0 aliphatic rings. The summed E-state index contributed by atoms with van der Waals surface area (Å²) < 4.78 is 0. The number of rotatable bonds is 7. The van der Waals surface area contributed by atoms with E-state index in [0.717, 1.165) is 6.54 Å². The van der Waals surface area contributed by atoms with Gasteiger partial charge in [0, 0.05) is 13.6 Å². The predicted octanol–water partition coefficient (Wildman–Crippen LogP) is 4.94. The van der Waals surface area contributed by atoms with Gasteiger partial charge in [0.15, 0.2) is 0 Å². The van der Waals surface area contributed by atoms with Crippen LogP contribution in [0.4, 0.5) is 0 Å². The first-order valence-corrected chi connectivity index (χ1v) is 7.25. The Labute approximate surface area is 118 Å². The Balaban J connectivity index is 2.50. The number of benzene rings is 1. The molecule has 1 nitrogen and oxygen atoms in total. The molecule has 0 N–H and O–H groups in total. The van der Waals surface area contributed by atoms with Crippen LogP contribution in [0.15, 0.2) is 48.2 Å². The molecular formula is C18H27N. The van der Waals surface area contributed by atoms with Gasteiger partial charge in [-0.1, -0.05) is 49.3 Å². The van der Waals surface area contributed by atoms with E-state index in [1.165, 1.54) is 36.0 Å². The molecule has 19 heavy (non-hydrogen) atoms. The SMILES string of the molecule is CC=C(C)C=CN(C)Cc1ccc(CCCC)cc1. The van der Waals surface area contributed by atoms with E-state index in [9.17, 15) is 0 Å². The summed E-state index contributed by atoms with van der Waals surface area (Å²) in [5.74, 6) is 0. The predicted molar refractivity (Wildman–Crippen MR) is 85.1 cm³/mol. The summed E-state index contributed by atoms with van der Waals surface area (Å²) in [5, 5.41) is 0. The van der Waals surface area contributed by atoms with Gasteiger partial charge in [0.05, 0.1) is 0 Å². The number of unbranched alkanes of at least 4 members (excludes halogenated alkanes) is 1. The van der Waals surface area contributed by atoms with Crippen molar-refractivity contribution in [1.82, 2.24) is 4.90 Å². The van der Waals surface area contributed by atoms with E-state index in [-0.39, 0.29) is 0 Å². The van der Waals surface area contributed by atoms with E-state index in [0.29, 0.717) is 0 Å². The van der Waals surface area contributed by atoms with Crippen LogP contribution >= 0.6 is 0 Å². The maximum atomic E-state index is 2.26. The number of nitrogens with zero attached hydrogens (tertiary/aromatic N) is 1. The van der Waals surface area contributed by atoms with Crippen LogP contribution in [0, 0.1) is 0 Å². The third-order valence-corrected chi connectivity index (χ3v) is 3.32. The van der Waals surface area contributed by atoms with Crippen LogP contribution in [0.3, 0.4) is 0 Å². The number of aryl methyl sites for hydroxylation is 1. The van der Waals surface area contributed by atoms with Crippen molar-refractivity contribution in [3.05, 3.63) is 59.3 Å². The molecule has 1 aromatic rings. The average Bonchev–Trinajstić information content (AvgIpc) is 2.44. The summed E-state index contributed by atoms with van der Waals surface area (Å²) in [7, 11) is 2.12. The summed E-state index contributed by atoms with van der Waals surface area (Å²) >= 11 is 0. The van der Waals surface area contributed by atoms with Crippen molar-refractivity contribution in [3.63, 3.8) is 0 Å². The number of hydrogen-bond acceptors (Lipinski definition) is 1. The van der Waals surface area contributed by atoms with Crippen LogP contribution in [-0.4, -0.2) is 11.9 Å². The minimum Gasteiger partial charge on any atom is -0.376 e. The Kier molecular flexibility index (Phi) is 7.02. The highest BCUT2D eigenvalue weighted by molar-refractivity contribution is 5.23. The van der Waals surface area contributed by atoms with Crippen LogP contribution in [-0.2, 0) is 13.0 Å². The Hall–Kier alpha value is -1.50. The van der Waals surface area contributed by atoms with E-state index in [1.54, 1.807) is 0 Å². The normalized spacial score (nSPS) is 12.1. The molecule has 0 fully saturated rings. The molecular weight excluding hydrogens is 230 g/mol. The topological polar surface area (TPSA) is 3.24 Å². The fraction of sp³-hybridized carbons (Fsp3) is 0.444. The highest BCUT2D eigenvalue weighted by atomic mass is 15.1. The average molecular weight is 257 g/mol. The van der Waals surface area contributed by atoms with Crippen molar-refractivity contribution in [2.75, 3.05) is 7.05 Å². The van der Waals surface area contributed by atoms with Gasteiger partial charge in [-0.25, -0.2) is 0 Å². The zero-order chi connectivity index (χ0) is 14.1. The van der Waals surface area contributed by atoms with E-state index >= 15 is 0 Å². The van der Waals surface area contributed by atoms with Crippen molar-refractivity contribution >= 4 is 0 Å². The quantitative estimate of drug-likeness (QED) is 0.625. The summed E-state index contributed by atoms with van der Waals surface area (Å²) in [6, 6.07) is 9.02. The molecule has 1 aromatic carbocycles.